The second-order valence-electron chi connectivity index (χ2n) is 9.49. The maximum absolute atomic E-state index is 13.5. The first-order valence-corrected chi connectivity index (χ1v) is 13.4. The molecule has 8 nitrogen and oxygen atoms in total. The summed E-state index contributed by atoms with van der Waals surface area (Å²) in [5.41, 5.74) is 4.21. The molecular weight excluding hydrogens is 484 g/mol. The van der Waals surface area contributed by atoms with Crippen LogP contribution >= 0.6 is 0 Å². The Morgan fingerprint density at radius 3 is 2.00 bits per heavy atom. The highest BCUT2D eigenvalue weighted by molar-refractivity contribution is 5.98. The highest BCUT2D eigenvalue weighted by Crippen LogP contribution is 2.39. The van der Waals surface area contributed by atoms with Gasteiger partial charge in [-0.1, -0.05) is 0 Å². The largest absolute Gasteiger partial charge is 0.493 e. The van der Waals surface area contributed by atoms with Crippen LogP contribution in [-0.4, -0.2) is 76.4 Å². The topological polar surface area (TPSA) is 69.7 Å². The minimum atomic E-state index is 0.136. The lowest BCUT2D eigenvalue weighted by atomic mass is 10.0. The van der Waals surface area contributed by atoms with Crippen molar-refractivity contribution in [1.82, 2.24) is 9.80 Å². The third kappa shape index (κ3) is 6.18. The van der Waals surface area contributed by atoms with E-state index < -0.39 is 0 Å². The van der Waals surface area contributed by atoms with Crippen molar-refractivity contribution in [1.29, 1.82) is 0 Å². The molecule has 0 unspecified atom stereocenters. The maximum atomic E-state index is 13.5. The van der Waals surface area contributed by atoms with E-state index in [1.54, 1.807) is 21.3 Å². The highest BCUT2D eigenvalue weighted by Gasteiger charge is 2.26. The number of carbonyl (C=O) groups excluding carboxylic acids is 1. The van der Waals surface area contributed by atoms with Gasteiger partial charge in [-0.2, -0.15) is 0 Å². The molecule has 206 valence electrons. The molecule has 0 atom stereocenters. The molecule has 2 aromatic carbocycles. The molecule has 0 bridgehead atoms. The molecular formula is C30H40N2O6. The average Bonchev–Trinajstić information content (AvgIpc) is 3.15. The van der Waals surface area contributed by atoms with E-state index in [1.165, 1.54) is 5.56 Å². The predicted octanol–water partition coefficient (Wildman–Crippen LogP) is 4.57. The smallest absolute Gasteiger partial charge is 0.249 e. The van der Waals surface area contributed by atoms with Crippen LogP contribution in [0.4, 0.5) is 0 Å². The van der Waals surface area contributed by atoms with Crippen LogP contribution in [-0.2, 0) is 17.8 Å². The summed E-state index contributed by atoms with van der Waals surface area (Å²) < 4.78 is 28.1. The van der Waals surface area contributed by atoms with Crippen LogP contribution in [0.3, 0.4) is 0 Å². The maximum Gasteiger partial charge on any atom is 0.249 e. The van der Waals surface area contributed by atoms with Crippen LogP contribution in [0, 0.1) is 0 Å². The molecule has 0 saturated carbocycles. The van der Waals surface area contributed by atoms with Crippen LogP contribution in [0.15, 0.2) is 29.8 Å². The molecule has 2 aliphatic rings. The van der Waals surface area contributed by atoms with Crippen LogP contribution in [0.5, 0.6) is 28.7 Å². The Morgan fingerprint density at radius 1 is 0.789 bits per heavy atom. The number of fused-ring (bicyclic) bond motifs is 1. The first-order valence-electron chi connectivity index (χ1n) is 13.4. The Bertz CT molecular complexity index is 1130. The summed E-state index contributed by atoms with van der Waals surface area (Å²) in [7, 11) is 4.86. The molecule has 1 fully saturated rings. The Labute approximate surface area is 226 Å². The number of hydrogen-bond acceptors (Lipinski definition) is 7. The van der Waals surface area contributed by atoms with Gasteiger partial charge in [0.05, 0.1) is 34.5 Å². The van der Waals surface area contributed by atoms with Gasteiger partial charge in [0.25, 0.3) is 0 Å². The number of methoxy groups -OCH3 is 3. The summed E-state index contributed by atoms with van der Waals surface area (Å²) in [6.45, 7) is 8.84. The first kappa shape index (κ1) is 27.6. The minimum absolute atomic E-state index is 0.136. The Kier molecular flexibility index (Phi) is 9.39. The standard InChI is InChI=1S/C30H40N2O6/c1-6-37-25-18-22-9-8-10-23(17-24(22)19-26(25)38-7-2)30(33)32-13-11-31(12-14-32)20-21-15-27(34-3)29(36-5)28(16-21)35-4/h15-19H,6-14,20H2,1-5H3. The SMILES string of the molecule is CCOc1cc2c(cc1OCC)CCCC(C(=O)N1CCN(Cc3cc(OC)c(OC)c(OC)c3)CC1)=C2. The number of benzene rings is 2. The van der Waals surface area contributed by atoms with E-state index in [-0.39, 0.29) is 5.91 Å². The van der Waals surface area contributed by atoms with Crippen molar-refractivity contribution in [3.8, 4) is 28.7 Å². The number of hydrogen-bond donors (Lipinski definition) is 0. The molecule has 0 aromatic heterocycles. The molecule has 8 heteroatoms. The Morgan fingerprint density at radius 2 is 1.42 bits per heavy atom. The third-order valence-electron chi connectivity index (χ3n) is 7.09. The fourth-order valence-electron chi connectivity index (χ4n) is 5.20. The summed E-state index contributed by atoms with van der Waals surface area (Å²) in [6.07, 6.45) is 4.68. The fraction of sp³-hybridized carbons (Fsp3) is 0.500. The van der Waals surface area contributed by atoms with Crippen molar-refractivity contribution in [2.45, 2.75) is 39.7 Å². The van der Waals surface area contributed by atoms with Gasteiger partial charge in [0.1, 0.15) is 0 Å². The van der Waals surface area contributed by atoms with Crippen molar-refractivity contribution in [3.05, 3.63) is 46.5 Å². The lowest BCUT2D eigenvalue weighted by Gasteiger charge is -2.35. The van der Waals surface area contributed by atoms with E-state index in [2.05, 4.69) is 17.0 Å². The number of aryl methyl sites for hydroxylation is 1. The normalized spacial score (nSPS) is 15.7. The molecule has 0 radical (unpaired) electrons. The third-order valence-corrected chi connectivity index (χ3v) is 7.09. The number of ether oxygens (including phenoxy) is 5. The lowest BCUT2D eigenvalue weighted by Crippen LogP contribution is -2.48. The molecule has 0 N–H and O–H groups in total. The fourth-order valence-corrected chi connectivity index (χ4v) is 5.20. The van der Waals surface area contributed by atoms with Crippen LogP contribution in [0.2, 0.25) is 0 Å². The zero-order valence-electron chi connectivity index (χ0n) is 23.3. The molecule has 1 aliphatic carbocycles. The van der Waals surface area contributed by atoms with Crippen molar-refractivity contribution >= 4 is 12.0 Å². The van der Waals surface area contributed by atoms with Crippen LogP contribution < -0.4 is 23.7 Å². The number of rotatable bonds is 10. The number of piperazine rings is 1. The summed E-state index contributed by atoms with van der Waals surface area (Å²) in [5.74, 6) is 3.54. The van der Waals surface area contributed by atoms with E-state index >= 15 is 0 Å². The van der Waals surface area contributed by atoms with E-state index in [0.29, 0.717) is 43.6 Å². The van der Waals surface area contributed by atoms with Gasteiger partial charge in [0.2, 0.25) is 11.7 Å². The van der Waals surface area contributed by atoms with Gasteiger partial charge in [-0.05, 0) is 80.1 Å². The minimum Gasteiger partial charge on any atom is -0.493 e. The zero-order chi connectivity index (χ0) is 27.1. The van der Waals surface area contributed by atoms with Crippen LogP contribution in [0.25, 0.3) is 6.08 Å². The van der Waals surface area contributed by atoms with Gasteiger partial charge in [-0.25, -0.2) is 0 Å². The summed E-state index contributed by atoms with van der Waals surface area (Å²) in [4.78, 5) is 17.9. The highest BCUT2D eigenvalue weighted by atomic mass is 16.5. The van der Waals surface area contributed by atoms with E-state index in [0.717, 1.165) is 67.1 Å². The van der Waals surface area contributed by atoms with Gasteiger partial charge in [0, 0.05) is 38.3 Å². The van der Waals surface area contributed by atoms with Crippen molar-refractivity contribution in [3.63, 3.8) is 0 Å². The van der Waals surface area contributed by atoms with Gasteiger partial charge in [-0.3, -0.25) is 9.69 Å². The number of carbonyl (C=O) groups is 1. The van der Waals surface area contributed by atoms with Crippen molar-refractivity contribution < 1.29 is 28.5 Å². The zero-order valence-corrected chi connectivity index (χ0v) is 23.3. The van der Waals surface area contributed by atoms with Gasteiger partial charge >= 0.3 is 0 Å². The predicted molar refractivity (Wildman–Crippen MR) is 148 cm³/mol. The van der Waals surface area contributed by atoms with E-state index in [1.807, 2.05) is 36.9 Å². The van der Waals surface area contributed by atoms with Crippen molar-refractivity contribution in [2.75, 3.05) is 60.7 Å². The van der Waals surface area contributed by atoms with E-state index in [9.17, 15) is 4.79 Å². The number of nitrogens with zero attached hydrogens (tertiary/aromatic N) is 2. The summed E-state index contributed by atoms with van der Waals surface area (Å²) >= 11 is 0. The molecule has 2 aromatic rings. The van der Waals surface area contributed by atoms with Gasteiger partial charge in [0.15, 0.2) is 23.0 Å². The molecule has 1 saturated heterocycles. The molecule has 4 rings (SSSR count). The Balaban J connectivity index is 1.43. The molecule has 1 heterocycles. The lowest BCUT2D eigenvalue weighted by molar-refractivity contribution is -0.129. The van der Waals surface area contributed by atoms with Crippen molar-refractivity contribution in [2.24, 2.45) is 0 Å². The number of amides is 1. The van der Waals surface area contributed by atoms with Gasteiger partial charge < -0.3 is 28.6 Å². The van der Waals surface area contributed by atoms with E-state index in [4.69, 9.17) is 23.7 Å². The molecule has 1 amide bonds. The summed E-state index contributed by atoms with van der Waals surface area (Å²) in [5, 5.41) is 0. The quantitative estimate of drug-likeness (QED) is 0.451. The molecule has 1 aliphatic heterocycles. The second-order valence-corrected chi connectivity index (χ2v) is 9.49. The van der Waals surface area contributed by atoms with Gasteiger partial charge in [-0.15, -0.1) is 0 Å². The monoisotopic (exact) mass is 524 g/mol. The summed E-state index contributed by atoms with van der Waals surface area (Å²) in [6, 6.07) is 8.08. The Hall–Kier alpha value is -3.39. The first-order chi connectivity index (χ1) is 18.5. The van der Waals surface area contributed by atoms with Crippen LogP contribution in [0.1, 0.15) is 43.4 Å². The second kappa shape index (κ2) is 12.9. The molecule has 0 spiro atoms. The molecule has 38 heavy (non-hydrogen) atoms. The average molecular weight is 525 g/mol.